The molecular weight excluding hydrogens is 372 g/mol. The average molecular weight is 399 g/mol. The summed E-state index contributed by atoms with van der Waals surface area (Å²) < 4.78 is 31.3. The Hall–Kier alpha value is -1.13. The van der Waals surface area contributed by atoms with Crippen molar-refractivity contribution in [2.45, 2.75) is 18.0 Å². The molecular formula is C13H26O10Si2. The second-order valence-corrected chi connectivity index (χ2v) is 11.7. The van der Waals surface area contributed by atoms with Crippen molar-refractivity contribution in [3.05, 3.63) is 11.6 Å². The van der Waals surface area contributed by atoms with Crippen LogP contribution in [0.5, 0.6) is 0 Å². The third kappa shape index (κ3) is 3.70. The van der Waals surface area contributed by atoms with Crippen LogP contribution in [0.4, 0.5) is 0 Å². The molecule has 0 aliphatic heterocycles. The van der Waals surface area contributed by atoms with E-state index in [0.29, 0.717) is 6.08 Å². The number of aliphatic carboxylic acids is 2. The van der Waals surface area contributed by atoms with E-state index in [2.05, 4.69) is 0 Å². The lowest BCUT2D eigenvalue weighted by Gasteiger charge is -2.49. The van der Waals surface area contributed by atoms with Crippen LogP contribution >= 0.6 is 0 Å². The molecule has 0 unspecified atom stereocenters. The van der Waals surface area contributed by atoms with Crippen molar-refractivity contribution in [3.63, 3.8) is 0 Å². The Morgan fingerprint density at radius 2 is 1.16 bits per heavy atom. The number of hydrogen-bond donors (Lipinski definition) is 2. The van der Waals surface area contributed by atoms with Crippen LogP contribution in [-0.4, -0.2) is 82.4 Å². The first-order valence-electron chi connectivity index (χ1n) is 7.17. The molecule has 0 fully saturated rings. The Morgan fingerprint density at radius 3 is 1.32 bits per heavy atom. The van der Waals surface area contributed by atoms with Gasteiger partial charge in [-0.2, -0.15) is 0 Å². The van der Waals surface area contributed by atoms with Crippen molar-refractivity contribution in [3.8, 4) is 0 Å². The van der Waals surface area contributed by atoms with Crippen LogP contribution in [-0.2, 0) is 36.1 Å². The van der Waals surface area contributed by atoms with Crippen LogP contribution in [0.1, 0.15) is 13.3 Å². The molecule has 0 aromatic carbocycles. The Bertz CT molecular complexity index is 463. The molecule has 0 rings (SSSR count). The first-order chi connectivity index (χ1) is 11.7. The van der Waals surface area contributed by atoms with Gasteiger partial charge in [-0.15, -0.1) is 0 Å². The maximum atomic E-state index is 12.0. The zero-order valence-electron chi connectivity index (χ0n) is 15.4. The smallest absolute Gasteiger partial charge is 0.478 e. The van der Waals surface area contributed by atoms with E-state index >= 15 is 0 Å². The van der Waals surface area contributed by atoms with Gasteiger partial charge in [-0.05, 0) is 6.42 Å². The van der Waals surface area contributed by atoms with Crippen LogP contribution < -0.4 is 0 Å². The third-order valence-electron chi connectivity index (χ3n) is 4.15. The molecule has 2 N–H and O–H groups in total. The Kier molecular flexibility index (Phi) is 9.11. The minimum Gasteiger partial charge on any atom is -0.478 e. The zero-order chi connectivity index (χ0) is 19.9. The fraction of sp³-hybridized carbons (Fsp3) is 0.692. The highest BCUT2D eigenvalue weighted by Gasteiger charge is 2.78. The number of carboxylic acid groups (broad SMARTS) is 2. The van der Waals surface area contributed by atoms with Crippen molar-refractivity contribution < 1.29 is 46.4 Å². The van der Waals surface area contributed by atoms with Crippen molar-refractivity contribution >= 4 is 29.5 Å². The Balaban J connectivity index is 7.30. The maximum Gasteiger partial charge on any atom is 0.516 e. The summed E-state index contributed by atoms with van der Waals surface area (Å²) in [5.41, 5.74) is -0.545. The monoisotopic (exact) mass is 398 g/mol. The largest absolute Gasteiger partial charge is 0.516 e. The number of carboxylic acids is 2. The van der Waals surface area contributed by atoms with Crippen LogP contribution in [0.25, 0.3) is 0 Å². The van der Waals surface area contributed by atoms with E-state index in [1.54, 1.807) is 6.92 Å². The fourth-order valence-corrected chi connectivity index (χ4v) is 11.5. The second-order valence-electron chi connectivity index (χ2n) is 4.80. The molecule has 0 bridgehead atoms. The lowest BCUT2D eigenvalue weighted by molar-refractivity contribution is -0.135. The van der Waals surface area contributed by atoms with Crippen LogP contribution in [0.15, 0.2) is 11.6 Å². The topological polar surface area (TPSA) is 130 Å². The highest BCUT2D eigenvalue weighted by molar-refractivity contribution is 6.87. The van der Waals surface area contributed by atoms with Gasteiger partial charge in [0.15, 0.2) is 0 Å². The van der Waals surface area contributed by atoms with E-state index in [1.165, 1.54) is 42.7 Å². The predicted octanol–water partition coefficient (Wildman–Crippen LogP) is 0.528. The molecule has 0 heterocycles. The number of hydrogen-bond acceptors (Lipinski definition) is 8. The van der Waals surface area contributed by atoms with Gasteiger partial charge in [0.05, 0.1) is 5.57 Å². The zero-order valence-corrected chi connectivity index (χ0v) is 17.4. The second kappa shape index (κ2) is 9.54. The summed E-state index contributed by atoms with van der Waals surface area (Å²) in [6.07, 6.45) is 0.561. The normalized spacial score (nSPS) is 13.8. The van der Waals surface area contributed by atoms with Crippen molar-refractivity contribution in [1.29, 1.82) is 0 Å². The molecule has 12 heteroatoms. The minimum atomic E-state index is -3.91. The molecule has 0 atom stereocenters. The van der Waals surface area contributed by atoms with E-state index in [9.17, 15) is 19.8 Å². The van der Waals surface area contributed by atoms with Gasteiger partial charge >= 0.3 is 29.5 Å². The maximum absolute atomic E-state index is 12.0. The molecule has 0 amide bonds. The first-order valence-corrected chi connectivity index (χ1v) is 10.6. The third-order valence-corrected chi connectivity index (χ3v) is 12.5. The van der Waals surface area contributed by atoms with Gasteiger partial charge in [0.2, 0.25) is 0 Å². The van der Waals surface area contributed by atoms with E-state index < -0.39 is 39.8 Å². The average Bonchev–Trinajstić information content (AvgIpc) is 2.61. The van der Waals surface area contributed by atoms with Gasteiger partial charge in [0.1, 0.15) is 4.66 Å². The molecule has 146 valence electrons. The molecule has 0 radical (unpaired) electrons. The van der Waals surface area contributed by atoms with Crippen LogP contribution in [0.3, 0.4) is 0 Å². The van der Waals surface area contributed by atoms with E-state index in [4.69, 9.17) is 26.6 Å². The highest BCUT2D eigenvalue weighted by atomic mass is 28.5. The molecule has 0 saturated carbocycles. The molecule has 25 heavy (non-hydrogen) atoms. The number of rotatable bonds is 12. The van der Waals surface area contributed by atoms with E-state index in [-0.39, 0.29) is 6.42 Å². The van der Waals surface area contributed by atoms with E-state index in [1.807, 2.05) is 0 Å². The first kappa shape index (κ1) is 23.9. The summed E-state index contributed by atoms with van der Waals surface area (Å²) in [7, 11) is -0.137. The molecule has 0 aromatic heterocycles. The number of carbonyl (C=O) groups is 2. The van der Waals surface area contributed by atoms with Crippen molar-refractivity contribution in [2.24, 2.45) is 0 Å². The summed E-state index contributed by atoms with van der Waals surface area (Å²) >= 11 is 0. The lowest BCUT2D eigenvalue weighted by Crippen LogP contribution is -2.70. The summed E-state index contributed by atoms with van der Waals surface area (Å²) in [5, 5.41) is 19.0. The molecule has 0 aliphatic rings. The van der Waals surface area contributed by atoms with Gasteiger partial charge in [0.25, 0.3) is 0 Å². The predicted molar refractivity (Wildman–Crippen MR) is 89.9 cm³/mol. The van der Waals surface area contributed by atoms with Gasteiger partial charge in [0, 0.05) is 48.7 Å². The molecule has 10 nitrogen and oxygen atoms in total. The van der Waals surface area contributed by atoms with Crippen molar-refractivity contribution in [2.75, 3.05) is 42.7 Å². The van der Waals surface area contributed by atoms with Gasteiger partial charge in [-0.25, -0.2) is 9.59 Å². The van der Waals surface area contributed by atoms with Crippen molar-refractivity contribution in [1.82, 2.24) is 0 Å². The molecule has 0 aromatic rings. The standard InChI is InChI=1S/C13H26O10Si2/c1-8-13(24(18-2,19-3)20-4,25(21-5,22-6)23-7)10(12(16)17)9-11(14)15/h9H,8H2,1-7H3,(H,14,15)(H,16,17)/b10-9+. The highest BCUT2D eigenvalue weighted by Crippen LogP contribution is 2.56. The van der Waals surface area contributed by atoms with Gasteiger partial charge in [-0.3, -0.25) is 0 Å². The summed E-state index contributed by atoms with van der Waals surface area (Å²) in [6.45, 7) is 1.62. The minimum absolute atomic E-state index is 0.00188. The Labute approximate surface area is 149 Å². The quantitative estimate of drug-likeness (QED) is 0.354. The fourth-order valence-electron chi connectivity index (χ4n) is 3.18. The molecule has 0 spiro atoms. The SMILES string of the molecule is CCC(/C(=C/C(=O)O)C(=O)O)([Si](OC)(OC)OC)[Si](OC)(OC)OC. The van der Waals surface area contributed by atoms with E-state index in [0.717, 1.165) is 0 Å². The summed E-state index contributed by atoms with van der Waals surface area (Å²) in [6, 6.07) is 0. The van der Waals surface area contributed by atoms with Crippen LogP contribution in [0.2, 0.25) is 4.66 Å². The van der Waals surface area contributed by atoms with Gasteiger partial charge in [-0.1, -0.05) is 6.92 Å². The lowest BCUT2D eigenvalue weighted by atomic mass is 10.1. The summed E-state index contributed by atoms with van der Waals surface area (Å²) in [5.74, 6) is -2.97. The molecule has 0 aliphatic carbocycles. The molecule has 0 saturated heterocycles. The van der Waals surface area contributed by atoms with Gasteiger partial charge < -0.3 is 36.8 Å². The summed E-state index contributed by atoms with van der Waals surface area (Å²) in [4.78, 5) is 23.3. The van der Waals surface area contributed by atoms with Crippen LogP contribution in [0, 0.1) is 0 Å². The Morgan fingerprint density at radius 1 is 0.840 bits per heavy atom.